The Labute approximate surface area is 138 Å². The van der Waals surface area contributed by atoms with Gasteiger partial charge in [-0.25, -0.2) is 4.39 Å². The fraction of sp³-hybridized carbons (Fsp3) is 0.400. The molecule has 1 unspecified atom stereocenters. The van der Waals surface area contributed by atoms with Crippen molar-refractivity contribution in [3.8, 4) is 11.1 Å². The highest BCUT2D eigenvalue weighted by Crippen LogP contribution is 2.31. The number of hydrogen-bond acceptors (Lipinski definition) is 2. The Morgan fingerprint density at radius 1 is 1.09 bits per heavy atom. The summed E-state index contributed by atoms with van der Waals surface area (Å²) >= 11 is 0. The second-order valence-corrected chi connectivity index (χ2v) is 6.93. The first-order valence-corrected chi connectivity index (χ1v) is 8.15. The van der Waals surface area contributed by atoms with Gasteiger partial charge < -0.3 is 10.4 Å². The maximum absolute atomic E-state index is 13.6. The molecule has 0 amide bonds. The van der Waals surface area contributed by atoms with Gasteiger partial charge in [0.05, 0.1) is 6.10 Å². The van der Waals surface area contributed by atoms with Gasteiger partial charge in [-0.1, -0.05) is 36.4 Å². The maximum atomic E-state index is 13.6. The molecule has 0 aromatic heterocycles. The van der Waals surface area contributed by atoms with E-state index in [2.05, 4.69) is 26.1 Å². The van der Waals surface area contributed by atoms with Crippen molar-refractivity contribution >= 4 is 0 Å². The number of benzene rings is 2. The Morgan fingerprint density at radius 3 is 2.43 bits per heavy atom. The van der Waals surface area contributed by atoms with Crippen LogP contribution in [0.3, 0.4) is 0 Å². The molecule has 2 aromatic rings. The smallest absolute Gasteiger partial charge is 0.123 e. The van der Waals surface area contributed by atoms with Crippen molar-refractivity contribution in [2.24, 2.45) is 0 Å². The third-order valence-electron chi connectivity index (χ3n) is 3.77. The molecule has 2 rings (SSSR count). The molecule has 0 fully saturated rings. The molecule has 0 aliphatic rings. The molecule has 0 heterocycles. The monoisotopic (exact) mass is 315 g/mol. The normalized spacial score (nSPS) is 13.1. The summed E-state index contributed by atoms with van der Waals surface area (Å²) in [5.74, 6) is -0.283. The van der Waals surface area contributed by atoms with E-state index in [1.54, 1.807) is 6.07 Å². The van der Waals surface area contributed by atoms with E-state index in [-0.39, 0.29) is 11.4 Å². The van der Waals surface area contributed by atoms with Gasteiger partial charge >= 0.3 is 0 Å². The molecule has 1 atom stereocenters. The SMILES string of the molecule is CC(C)(C)NCCCC(O)c1ccc(F)cc1-c1ccccc1. The highest BCUT2D eigenvalue weighted by atomic mass is 19.1. The Balaban J connectivity index is 2.10. The summed E-state index contributed by atoms with van der Waals surface area (Å²) < 4.78 is 13.6. The van der Waals surface area contributed by atoms with Crippen LogP contribution < -0.4 is 5.32 Å². The Hall–Kier alpha value is -1.71. The molecule has 0 radical (unpaired) electrons. The summed E-state index contributed by atoms with van der Waals surface area (Å²) in [4.78, 5) is 0. The lowest BCUT2D eigenvalue weighted by molar-refractivity contribution is 0.163. The van der Waals surface area contributed by atoms with E-state index < -0.39 is 6.10 Å². The van der Waals surface area contributed by atoms with Crippen molar-refractivity contribution in [1.29, 1.82) is 0 Å². The van der Waals surface area contributed by atoms with Gasteiger partial charge in [0.15, 0.2) is 0 Å². The molecule has 0 saturated heterocycles. The van der Waals surface area contributed by atoms with Gasteiger partial charge in [0.25, 0.3) is 0 Å². The molecule has 23 heavy (non-hydrogen) atoms. The second-order valence-electron chi connectivity index (χ2n) is 6.93. The molecule has 3 heteroatoms. The predicted molar refractivity (Wildman–Crippen MR) is 93.8 cm³/mol. The van der Waals surface area contributed by atoms with Crippen molar-refractivity contribution in [3.05, 3.63) is 59.9 Å². The van der Waals surface area contributed by atoms with Crippen molar-refractivity contribution in [3.63, 3.8) is 0 Å². The van der Waals surface area contributed by atoms with Crippen molar-refractivity contribution in [2.45, 2.75) is 45.3 Å². The molecule has 0 spiro atoms. The van der Waals surface area contributed by atoms with Gasteiger partial charge in [-0.15, -0.1) is 0 Å². The molecule has 0 bridgehead atoms. The molecule has 2 nitrogen and oxygen atoms in total. The zero-order valence-electron chi connectivity index (χ0n) is 14.1. The summed E-state index contributed by atoms with van der Waals surface area (Å²) in [6.07, 6.45) is 0.922. The predicted octanol–water partition coefficient (Wildman–Crippen LogP) is 4.69. The minimum absolute atomic E-state index is 0.0794. The van der Waals surface area contributed by atoms with Crippen LogP contribution in [0.15, 0.2) is 48.5 Å². The minimum atomic E-state index is -0.590. The quantitative estimate of drug-likeness (QED) is 0.758. The standard InChI is InChI=1S/C20H26FNO/c1-20(2,3)22-13-7-10-19(23)17-12-11-16(21)14-18(17)15-8-5-4-6-9-15/h4-6,8-9,11-12,14,19,22-23H,7,10,13H2,1-3H3. The number of nitrogens with one attached hydrogen (secondary N) is 1. The lowest BCUT2D eigenvalue weighted by Gasteiger charge is -2.21. The minimum Gasteiger partial charge on any atom is -0.388 e. The van der Waals surface area contributed by atoms with Crippen LogP contribution in [-0.2, 0) is 0 Å². The van der Waals surface area contributed by atoms with E-state index in [0.29, 0.717) is 6.42 Å². The van der Waals surface area contributed by atoms with Crippen molar-refractivity contribution in [2.75, 3.05) is 6.54 Å². The number of rotatable bonds is 6. The van der Waals surface area contributed by atoms with Crippen LogP contribution in [0.1, 0.15) is 45.3 Å². The fourth-order valence-corrected chi connectivity index (χ4v) is 2.60. The van der Waals surface area contributed by atoms with Crippen molar-refractivity contribution < 1.29 is 9.50 Å². The first-order valence-electron chi connectivity index (χ1n) is 8.15. The Morgan fingerprint density at radius 2 is 1.78 bits per heavy atom. The molecule has 124 valence electrons. The van der Waals surface area contributed by atoms with Gasteiger partial charge in [-0.05, 0) is 69.0 Å². The maximum Gasteiger partial charge on any atom is 0.123 e. The van der Waals surface area contributed by atoms with E-state index in [0.717, 1.165) is 29.7 Å². The average molecular weight is 315 g/mol. The third kappa shape index (κ3) is 5.45. The van der Waals surface area contributed by atoms with E-state index in [9.17, 15) is 9.50 Å². The topological polar surface area (TPSA) is 32.3 Å². The zero-order chi connectivity index (χ0) is 16.9. The molecule has 2 N–H and O–H groups in total. The highest BCUT2D eigenvalue weighted by Gasteiger charge is 2.15. The molecular weight excluding hydrogens is 289 g/mol. The molecule has 0 saturated carbocycles. The van der Waals surface area contributed by atoms with Crippen LogP contribution in [0.25, 0.3) is 11.1 Å². The fourth-order valence-electron chi connectivity index (χ4n) is 2.60. The summed E-state index contributed by atoms with van der Waals surface area (Å²) in [5.41, 5.74) is 2.56. The molecule has 0 aliphatic heterocycles. The summed E-state index contributed by atoms with van der Waals surface area (Å²) in [6.45, 7) is 7.22. The first-order chi connectivity index (χ1) is 10.9. The zero-order valence-corrected chi connectivity index (χ0v) is 14.1. The van der Waals surface area contributed by atoms with Crippen LogP contribution in [0, 0.1) is 5.82 Å². The summed E-state index contributed by atoms with van der Waals surface area (Å²) in [7, 11) is 0. The van der Waals surface area contributed by atoms with Crippen LogP contribution in [0.4, 0.5) is 4.39 Å². The highest BCUT2D eigenvalue weighted by molar-refractivity contribution is 5.67. The van der Waals surface area contributed by atoms with Crippen molar-refractivity contribution in [1.82, 2.24) is 5.32 Å². The Bertz CT molecular complexity index is 619. The summed E-state index contributed by atoms with van der Waals surface area (Å²) in [5, 5.41) is 13.9. The van der Waals surface area contributed by atoms with Gasteiger partial charge in [-0.2, -0.15) is 0 Å². The second kappa shape index (κ2) is 7.71. The van der Waals surface area contributed by atoms with Gasteiger partial charge in [0.1, 0.15) is 5.82 Å². The number of halogens is 1. The van der Waals surface area contributed by atoms with Crippen LogP contribution in [-0.4, -0.2) is 17.2 Å². The van der Waals surface area contributed by atoms with Crippen LogP contribution in [0.5, 0.6) is 0 Å². The molecule has 2 aromatic carbocycles. The van der Waals surface area contributed by atoms with Crippen LogP contribution in [0.2, 0.25) is 0 Å². The van der Waals surface area contributed by atoms with Crippen LogP contribution >= 0.6 is 0 Å². The number of aliphatic hydroxyl groups is 1. The molecule has 0 aliphatic carbocycles. The average Bonchev–Trinajstić information content (AvgIpc) is 2.51. The van der Waals surface area contributed by atoms with Gasteiger partial charge in [0, 0.05) is 5.54 Å². The van der Waals surface area contributed by atoms with Gasteiger partial charge in [0.2, 0.25) is 0 Å². The number of aliphatic hydroxyl groups excluding tert-OH is 1. The number of hydrogen-bond donors (Lipinski definition) is 2. The van der Waals surface area contributed by atoms with E-state index >= 15 is 0 Å². The third-order valence-corrected chi connectivity index (χ3v) is 3.77. The summed E-state index contributed by atoms with van der Waals surface area (Å²) in [6, 6.07) is 14.3. The lowest BCUT2D eigenvalue weighted by Crippen LogP contribution is -2.36. The Kier molecular flexibility index (Phi) is 5.91. The largest absolute Gasteiger partial charge is 0.388 e. The molecular formula is C20H26FNO. The first kappa shape index (κ1) is 17.6. The van der Waals surface area contributed by atoms with E-state index in [4.69, 9.17) is 0 Å². The van der Waals surface area contributed by atoms with Gasteiger partial charge in [-0.3, -0.25) is 0 Å². The van der Waals surface area contributed by atoms with E-state index in [1.807, 2.05) is 30.3 Å². The van der Waals surface area contributed by atoms with E-state index in [1.165, 1.54) is 12.1 Å². The lowest BCUT2D eigenvalue weighted by atomic mass is 9.94.